The summed E-state index contributed by atoms with van der Waals surface area (Å²) in [5, 5.41) is 13.8. The van der Waals surface area contributed by atoms with Gasteiger partial charge in [-0.15, -0.1) is 11.3 Å². The Morgan fingerprint density at radius 2 is 2.00 bits per heavy atom. The van der Waals surface area contributed by atoms with Crippen LogP contribution in [0.4, 0.5) is 0 Å². The first kappa shape index (κ1) is 17.0. The maximum Gasteiger partial charge on any atom is 0.309 e. The molecule has 1 amide bonds. The average Bonchev–Trinajstić information content (AvgIpc) is 2.91. The molecule has 0 unspecified atom stereocenters. The van der Waals surface area contributed by atoms with E-state index in [-0.39, 0.29) is 25.5 Å². The first-order valence-electron chi connectivity index (χ1n) is 7.06. The SMILES string of the molecule is Cc1cccc(C)c1OCC(=O)NCc1nc(CC(=O)O)cs1. The number of carboxylic acid groups (broad SMARTS) is 1. The number of nitrogens with zero attached hydrogens (tertiary/aromatic N) is 1. The Balaban J connectivity index is 1.81. The highest BCUT2D eigenvalue weighted by atomic mass is 32.1. The zero-order chi connectivity index (χ0) is 16.8. The molecule has 0 bridgehead atoms. The van der Waals surface area contributed by atoms with Crippen LogP contribution in [0.1, 0.15) is 21.8 Å². The van der Waals surface area contributed by atoms with Gasteiger partial charge in [0.15, 0.2) is 6.61 Å². The van der Waals surface area contributed by atoms with Gasteiger partial charge in [0.25, 0.3) is 5.91 Å². The van der Waals surface area contributed by atoms with Crippen molar-refractivity contribution in [1.29, 1.82) is 0 Å². The molecule has 0 aliphatic rings. The normalized spacial score (nSPS) is 10.3. The number of hydrogen-bond acceptors (Lipinski definition) is 5. The topological polar surface area (TPSA) is 88.5 Å². The van der Waals surface area contributed by atoms with Crippen LogP contribution in [-0.4, -0.2) is 28.6 Å². The molecule has 122 valence electrons. The van der Waals surface area contributed by atoms with E-state index < -0.39 is 5.97 Å². The van der Waals surface area contributed by atoms with E-state index in [1.807, 2.05) is 32.0 Å². The summed E-state index contributed by atoms with van der Waals surface area (Å²) >= 11 is 1.32. The fourth-order valence-corrected chi connectivity index (χ4v) is 2.79. The largest absolute Gasteiger partial charge is 0.483 e. The van der Waals surface area contributed by atoms with Gasteiger partial charge in [-0.25, -0.2) is 4.98 Å². The second-order valence-electron chi connectivity index (χ2n) is 5.09. The van der Waals surface area contributed by atoms with Crippen molar-refractivity contribution >= 4 is 23.2 Å². The number of benzene rings is 1. The number of carboxylic acids is 1. The van der Waals surface area contributed by atoms with Crippen molar-refractivity contribution in [3.05, 3.63) is 45.4 Å². The van der Waals surface area contributed by atoms with Crippen LogP contribution >= 0.6 is 11.3 Å². The van der Waals surface area contributed by atoms with Gasteiger partial charge in [-0.2, -0.15) is 0 Å². The number of thiazole rings is 1. The lowest BCUT2D eigenvalue weighted by atomic mass is 10.1. The number of nitrogens with one attached hydrogen (secondary N) is 1. The maximum absolute atomic E-state index is 11.8. The summed E-state index contributed by atoms with van der Waals surface area (Å²) in [6, 6.07) is 5.80. The van der Waals surface area contributed by atoms with Crippen molar-refractivity contribution in [1.82, 2.24) is 10.3 Å². The van der Waals surface area contributed by atoms with Crippen LogP contribution < -0.4 is 10.1 Å². The summed E-state index contributed by atoms with van der Waals surface area (Å²) in [4.78, 5) is 26.6. The van der Waals surface area contributed by atoms with Gasteiger partial charge in [-0.05, 0) is 25.0 Å². The van der Waals surface area contributed by atoms with Gasteiger partial charge in [-0.1, -0.05) is 18.2 Å². The van der Waals surface area contributed by atoms with Gasteiger partial charge >= 0.3 is 5.97 Å². The van der Waals surface area contributed by atoms with Crippen LogP contribution in [-0.2, 0) is 22.6 Å². The van der Waals surface area contributed by atoms with E-state index >= 15 is 0 Å². The molecule has 0 saturated carbocycles. The van der Waals surface area contributed by atoms with Crippen LogP contribution in [0.5, 0.6) is 5.75 Å². The van der Waals surface area contributed by atoms with Crippen molar-refractivity contribution in [2.75, 3.05) is 6.61 Å². The summed E-state index contributed by atoms with van der Waals surface area (Å²) < 4.78 is 5.57. The lowest BCUT2D eigenvalue weighted by Crippen LogP contribution is -2.28. The Morgan fingerprint density at radius 3 is 2.65 bits per heavy atom. The van der Waals surface area contributed by atoms with Crippen LogP contribution in [0.2, 0.25) is 0 Å². The first-order valence-corrected chi connectivity index (χ1v) is 7.94. The summed E-state index contributed by atoms with van der Waals surface area (Å²) in [7, 11) is 0. The Labute approximate surface area is 138 Å². The molecular formula is C16H18N2O4S. The Kier molecular flexibility index (Phi) is 5.70. The van der Waals surface area contributed by atoms with Crippen molar-refractivity contribution < 1.29 is 19.4 Å². The molecule has 23 heavy (non-hydrogen) atoms. The molecule has 0 radical (unpaired) electrons. The highest BCUT2D eigenvalue weighted by molar-refractivity contribution is 7.09. The molecular weight excluding hydrogens is 316 g/mol. The van der Waals surface area contributed by atoms with Crippen molar-refractivity contribution in [2.24, 2.45) is 0 Å². The predicted octanol–water partition coefficient (Wildman–Crippen LogP) is 2.08. The third kappa shape index (κ3) is 5.07. The number of carbonyl (C=O) groups is 2. The molecule has 7 heteroatoms. The minimum absolute atomic E-state index is 0.0704. The summed E-state index contributed by atoms with van der Waals surface area (Å²) in [6.07, 6.45) is -0.111. The van der Waals surface area contributed by atoms with E-state index in [0.29, 0.717) is 10.7 Å². The molecule has 1 aromatic heterocycles. The standard InChI is InChI=1S/C16H18N2O4S/c1-10-4-3-5-11(2)16(10)22-8-13(19)17-7-14-18-12(9-23-14)6-15(20)21/h3-5,9H,6-8H2,1-2H3,(H,17,19)(H,20,21). The zero-order valence-corrected chi connectivity index (χ0v) is 13.8. The van der Waals surface area contributed by atoms with Gasteiger partial charge in [-0.3, -0.25) is 9.59 Å². The minimum atomic E-state index is -0.923. The maximum atomic E-state index is 11.8. The Morgan fingerprint density at radius 1 is 1.30 bits per heavy atom. The molecule has 2 rings (SSSR count). The highest BCUT2D eigenvalue weighted by Gasteiger charge is 2.09. The second-order valence-corrected chi connectivity index (χ2v) is 6.03. The van der Waals surface area contributed by atoms with Crippen LogP contribution in [0.25, 0.3) is 0 Å². The Hall–Kier alpha value is -2.41. The average molecular weight is 334 g/mol. The summed E-state index contributed by atoms with van der Waals surface area (Å²) in [6.45, 7) is 4.05. The molecule has 0 aliphatic heterocycles. The number of para-hydroxylation sites is 1. The van der Waals surface area contributed by atoms with Crippen molar-refractivity contribution in [3.8, 4) is 5.75 Å². The number of carbonyl (C=O) groups excluding carboxylic acids is 1. The number of aromatic nitrogens is 1. The van der Waals surface area contributed by atoms with Crippen LogP contribution in [0, 0.1) is 13.8 Å². The molecule has 1 aromatic carbocycles. The number of hydrogen-bond donors (Lipinski definition) is 2. The fourth-order valence-electron chi connectivity index (χ4n) is 2.06. The molecule has 2 aromatic rings. The quantitative estimate of drug-likeness (QED) is 0.809. The smallest absolute Gasteiger partial charge is 0.309 e. The molecule has 6 nitrogen and oxygen atoms in total. The van der Waals surface area contributed by atoms with Crippen molar-refractivity contribution in [2.45, 2.75) is 26.8 Å². The van der Waals surface area contributed by atoms with Gasteiger partial charge < -0.3 is 15.2 Å². The first-order chi connectivity index (χ1) is 11.0. The molecule has 2 N–H and O–H groups in total. The number of aliphatic carboxylic acids is 1. The third-order valence-corrected chi connectivity index (χ3v) is 4.02. The Bertz CT molecular complexity index is 692. The van der Waals surface area contributed by atoms with E-state index in [1.54, 1.807) is 5.38 Å². The number of amides is 1. The molecule has 0 atom stereocenters. The number of aryl methyl sites for hydroxylation is 2. The highest BCUT2D eigenvalue weighted by Crippen LogP contribution is 2.22. The van der Waals surface area contributed by atoms with Gasteiger partial charge in [0, 0.05) is 5.38 Å². The molecule has 0 fully saturated rings. The minimum Gasteiger partial charge on any atom is -0.483 e. The zero-order valence-electron chi connectivity index (χ0n) is 13.0. The van der Waals surface area contributed by atoms with E-state index in [9.17, 15) is 9.59 Å². The van der Waals surface area contributed by atoms with Crippen LogP contribution in [0.15, 0.2) is 23.6 Å². The number of rotatable bonds is 7. The monoisotopic (exact) mass is 334 g/mol. The number of ether oxygens (including phenoxy) is 1. The van der Waals surface area contributed by atoms with E-state index in [1.165, 1.54) is 11.3 Å². The fraction of sp³-hybridized carbons (Fsp3) is 0.312. The third-order valence-electron chi connectivity index (χ3n) is 3.12. The second kappa shape index (κ2) is 7.73. The molecule has 1 heterocycles. The van der Waals surface area contributed by atoms with Gasteiger partial charge in [0.05, 0.1) is 18.7 Å². The van der Waals surface area contributed by atoms with Gasteiger partial charge in [0.2, 0.25) is 0 Å². The van der Waals surface area contributed by atoms with E-state index in [2.05, 4.69) is 10.3 Å². The predicted molar refractivity (Wildman–Crippen MR) is 86.7 cm³/mol. The summed E-state index contributed by atoms with van der Waals surface area (Å²) in [5.74, 6) is -0.448. The van der Waals surface area contributed by atoms with Crippen molar-refractivity contribution in [3.63, 3.8) is 0 Å². The van der Waals surface area contributed by atoms with E-state index in [4.69, 9.17) is 9.84 Å². The molecule has 0 aliphatic carbocycles. The van der Waals surface area contributed by atoms with Gasteiger partial charge in [0.1, 0.15) is 10.8 Å². The molecule has 0 saturated heterocycles. The lowest BCUT2D eigenvalue weighted by molar-refractivity contribution is -0.136. The summed E-state index contributed by atoms with van der Waals surface area (Å²) in [5.41, 5.74) is 2.46. The van der Waals surface area contributed by atoms with E-state index in [0.717, 1.165) is 16.9 Å². The van der Waals surface area contributed by atoms with Crippen LogP contribution in [0.3, 0.4) is 0 Å². The lowest BCUT2D eigenvalue weighted by Gasteiger charge is -2.11. The molecule has 0 spiro atoms.